The lowest BCUT2D eigenvalue weighted by molar-refractivity contribution is -0.385. The first-order chi connectivity index (χ1) is 12.0. The van der Waals surface area contributed by atoms with E-state index in [9.17, 15) is 14.9 Å². The monoisotopic (exact) mass is 344 g/mol. The van der Waals surface area contributed by atoms with Crippen LogP contribution in [0, 0.1) is 16.0 Å². The molecule has 1 saturated heterocycles. The summed E-state index contributed by atoms with van der Waals surface area (Å²) in [6, 6.07) is 3.25. The molecule has 0 bridgehead atoms. The van der Waals surface area contributed by atoms with Gasteiger partial charge in [0.05, 0.1) is 18.2 Å². The van der Waals surface area contributed by atoms with Crippen LogP contribution in [0.15, 0.2) is 24.5 Å². The van der Waals surface area contributed by atoms with Gasteiger partial charge in [0.2, 0.25) is 0 Å². The second kappa shape index (κ2) is 6.92. The Hall–Kier alpha value is -2.90. The van der Waals surface area contributed by atoms with Gasteiger partial charge in [0.15, 0.2) is 5.75 Å². The van der Waals surface area contributed by atoms with E-state index in [0.717, 1.165) is 49.0 Å². The number of anilines is 1. The Morgan fingerprint density at radius 2 is 2.08 bits per heavy atom. The van der Waals surface area contributed by atoms with Gasteiger partial charge in [-0.15, -0.1) is 0 Å². The predicted octanol–water partition coefficient (Wildman–Crippen LogP) is 2.42. The number of nitrogens with zero attached hydrogens (tertiary/aromatic N) is 4. The molecule has 1 aromatic heterocycles. The first-order valence-electron chi connectivity index (χ1n) is 8.09. The first-order valence-corrected chi connectivity index (χ1v) is 8.09. The van der Waals surface area contributed by atoms with E-state index in [0.29, 0.717) is 0 Å². The van der Waals surface area contributed by atoms with Crippen LogP contribution >= 0.6 is 0 Å². The topological polar surface area (TPSA) is 90.5 Å². The van der Waals surface area contributed by atoms with Crippen molar-refractivity contribution in [2.24, 2.45) is 13.0 Å². The minimum Gasteiger partial charge on any atom is -0.490 e. The second-order valence-electron chi connectivity index (χ2n) is 6.16. The van der Waals surface area contributed by atoms with Crippen LogP contribution in [0.4, 0.5) is 11.4 Å². The van der Waals surface area contributed by atoms with Crippen LogP contribution in [0.1, 0.15) is 12.8 Å². The lowest BCUT2D eigenvalue weighted by Crippen LogP contribution is -2.34. The first kappa shape index (κ1) is 16.9. The molecule has 0 N–H and O–H groups in total. The summed E-state index contributed by atoms with van der Waals surface area (Å²) in [6.07, 6.45) is 6.07. The van der Waals surface area contributed by atoms with E-state index in [2.05, 4.69) is 10.00 Å². The van der Waals surface area contributed by atoms with Gasteiger partial charge in [-0.25, -0.2) is 0 Å². The normalized spacial score (nSPS) is 15.2. The summed E-state index contributed by atoms with van der Waals surface area (Å²) >= 11 is 0. The van der Waals surface area contributed by atoms with Crippen LogP contribution in [0.5, 0.6) is 5.75 Å². The van der Waals surface area contributed by atoms with Gasteiger partial charge in [0.25, 0.3) is 0 Å². The van der Waals surface area contributed by atoms with Crippen LogP contribution in [0.3, 0.4) is 0 Å². The summed E-state index contributed by atoms with van der Waals surface area (Å²) in [5.41, 5.74) is 2.33. The number of piperidine rings is 1. The van der Waals surface area contributed by atoms with E-state index in [1.165, 1.54) is 13.2 Å². The molecular formula is C17H20N4O4. The van der Waals surface area contributed by atoms with Gasteiger partial charge >= 0.3 is 5.69 Å². The maximum atomic E-state index is 11.4. The van der Waals surface area contributed by atoms with Gasteiger partial charge in [-0.1, -0.05) is 0 Å². The molecule has 0 atom stereocenters. The van der Waals surface area contributed by atoms with Crippen molar-refractivity contribution in [3.8, 4) is 16.9 Å². The van der Waals surface area contributed by atoms with Crippen LogP contribution in [0.25, 0.3) is 11.1 Å². The quantitative estimate of drug-likeness (QED) is 0.470. The molecular weight excluding hydrogens is 324 g/mol. The lowest BCUT2D eigenvalue weighted by Gasteiger charge is -2.33. The van der Waals surface area contributed by atoms with Crippen molar-refractivity contribution in [3.05, 3.63) is 34.6 Å². The number of methoxy groups -OCH3 is 1. The highest BCUT2D eigenvalue weighted by atomic mass is 16.6. The number of nitro benzene ring substituents is 1. The third kappa shape index (κ3) is 3.33. The number of hydrogen-bond acceptors (Lipinski definition) is 6. The molecule has 132 valence electrons. The average molecular weight is 344 g/mol. The van der Waals surface area contributed by atoms with Gasteiger partial charge in [0.1, 0.15) is 6.29 Å². The molecule has 2 aromatic rings. The molecule has 0 saturated carbocycles. The molecule has 0 spiro atoms. The van der Waals surface area contributed by atoms with Crippen molar-refractivity contribution in [1.82, 2.24) is 9.78 Å². The highest BCUT2D eigenvalue weighted by Crippen LogP contribution is 2.41. The van der Waals surface area contributed by atoms with Crippen molar-refractivity contribution >= 4 is 17.7 Å². The molecule has 8 heteroatoms. The molecule has 0 amide bonds. The molecule has 1 aliphatic rings. The number of aromatic nitrogens is 2. The van der Waals surface area contributed by atoms with Crippen LogP contribution in [-0.4, -0.2) is 41.2 Å². The fourth-order valence-electron chi connectivity index (χ4n) is 3.19. The number of carbonyl (C=O) groups excluding carboxylic acids is 1. The lowest BCUT2D eigenvalue weighted by atomic mass is 9.96. The number of aldehydes is 1. The number of rotatable bonds is 5. The Balaban J connectivity index is 2.08. The Kier molecular flexibility index (Phi) is 4.69. The molecule has 1 aromatic carbocycles. The Morgan fingerprint density at radius 1 is 1.36 bits per heavy atom. The maximum absolute atomic E-state index is 11.4. The zero-order chi connectivity index (χ0) is 18.0. The average Bonchev–Trinajstić information content (AvgIpc) is 3.06. The maximum Gasteiger partial charge on any atom is 0.311 e. The van der Waals surface area contributed by atoms with E-state index in [1.54, 1.807) is 24.0 Å². The van der Waals surface area contributed by atoms with Gasteiger partial charge < -0.3 is 14.4 Å². The molecule has 2 heterocycles. The van der Waals surface area contributed by atoms with Gasteiger partial charge in [-0.2, -0.15) is 5.10 Å². The van der Waals surface area contributed by atoms with Crippen LogP contribution in [0.2, 0.25) is 0 Å². The molecule has 25 heavy (non-hydrogen) atoms. The molecule has 0 aliphatic carbocycles. The fourth-order valence-corrected chi connectivity index (χ4v) is 3.19. The minimum atomic E-state index is -0.443. The zero-order valence-electron chi connectivity index (χ0n) is 14.2. The van der Waals surface area contributed by atoms with Crippen molar-refractivity contribution < 1.29 is 14.5 Å². The van der Waals surface area contributed by atoms with Gasteiger partial charge in [-0.3, -0.25) is 14.8 Å². The molecule has 1 aliphatic heterocycles. The van der Waals surface area contributed by atoms with Gasteiger partial charge in [0, 0.05) is 61.2 Å². The SMILES string of the molecule is COc1cc(N2CCC(C=O)CC2)c(-c2cnn(C)c2)cc1[N+](=O)[O-]. The molecule has 0 radical (unpaired) electrons. The largest absolute Gasteiger partial charge is 0.490 e. The van der Waals surface area contributed by atoms with Crippen LogP contribution < -0.4 is 9.64 Å². The highest BCUT2D eigenvalue weighted by molar-refractivity contribution is 5.82. The number of aryl methyl sites for hydroxylation is 1. The molecule has 8 nitrogen and oxygen atoms in total. The van der Waals surface area contributed by atoms with Crippen LogP contribution in [-0.2, 0) is 11.8 Å². The van der Waals surface area contributed by atoms with E-state index in [1.807, 2.05) is 6.20 Å². The third-order valence-electron chi connectivity index (χ3n) is 4.58. The summed E-state index contributed by atoms with van der Waals surface area (Å²) in [7, 11) is 3.23. The number of nitro groups is 1. The Labute approximate surface area is 145 Å². The summed E-state index contributed by atoms with van der Waals surface area (Å²) < 4.78 is 6.89. The van der Waals surface area contributed by atoms with E-state index >= 15 is 0 Å². The summed E-state index contributed by atoms with van der Waals surface area (Å²) in [5, 5.41) is 15.6. The Bertz CT molecular complexity index is 794. The summed E-state index contributed by atoms with van der Waals surface area (Å²) in [5.74, 6) is 0.309. The summed E-state index contributed by atoms with van der Waals surface area (Å²) in [4.78, 5) is 24.1. The molecule has 3 rings (SSSR count). The van der Waals surface area contributed by atoms with Crippen molar-refractivity contribution in [2.75, 3.05) is 25.1 Å². The fraction of sp³-hybridized carbons (Fsp3) is 0.412. The van der Waals surface area contributed by atoms with Crippen molar-refractivity contribution in [3.63, 3.8) is 0 Å². The molecule has 1 fully saturated rings. The molecule has 0 unspecified atom stereocenters. The number of hydrogen-bond donors (Lipinski definition) is 0. The highest BCUT2D eigenvalue weighted by Gasteiger charge is 2.26. The predicted molar refractivity (Wildman–Crippen MR) is 92.9 cm³/mol. The number of carbonyl (C=O) groups is 1. The zero-order valence-corrected chi connectivity index (χ0v) is 14.2. The van der Waals surface area contributed by atoms with Crippen molar-refractivity contribution in [2.45, 2.75) is 12.8 Å². The standard InChI is InChI=1S/C17H20N4O4/c1-19-10-13(9-18-19)14-7-16(21(23)24)17(25-2)8-15(14)20-5-3-12(11-22)4-6-20/h7-12H,3-6H2,1-2H3. The number of benzene rings is 1. The minimum absolute atomic E-state index is 0.0760. The second-order valence-corrected chi connectivity index (χ2v) is 6.16. The van der Waals surface area contributed by atoms with E-state index in [4.69, 9.17) is 4.74 Å². The number of ether oxygens (including phenoxy) is 1. The smallest absolute Gasteiger partial charge is 0.311 e. The third-order valence-corrected chi connectivity index (χ3v) is 4.58. The van der Waals surface area contributed by atoms with E-state index in [-0.39, 0.29) is 17.4 Å². The van der Waals surface area contributed by atoms with Gasteiger partial charge in [-0.05, 0) is 12.8 Å². The van der Waals surface area contributed by atoms with Crippen molar-refractivity contribution in [1.29, 1.82) is 0 Å². The summed E-state index contributed by atoms with van der Waals surface area (Å²) in [6.45, 7) is 1.44. The van der Waals surface area contributed by atoms with E-state index < -0.39 is 4.92 Å². The Morgan fingerprint density at radius 3 is 2.60 bits per heavy atom.